The van der Waals surface area contributed by atoms with Gasteiger partial charge in [-0.1, -0.05) is 17.7 Å². The first kappa shape index (κ1) is 19.7. The zero-order valence-electron chi connectivity index (χ0n) is 16.1. The Balaban J connectivity index is 1.63. The molecule has 4 rings (SSSR count). The summed E-state index contributed by atoms with van der Waals surface area (Å²) in [6.45, 7) is 1.96. The van der Waals surface area contributed by atoms with E-state index < -0.39 is 27.1 Å². The van der Waals surface area contributed by atoms with E-state index in [1.165, 1.54) is 0 Å². The molecule has 10 nitrogen and oxygen atoms in total. The number of carbonyl (C=O) groups is 1. The Bertz CT molecular complexity index is 1330. The van der Waals surface area contributed by atoms with Gasteiger partial charge in [-0.3, -0.25) is 25.0 Å². The summed E-state index contributed by atoms with van der Waals surface area (Å²) in [6.07, 6.45) is 0. The van der Waals surface area contributed by atoms with Gasteiger partial charge in [0.25, 0.3) is 17.3 Å². The molecule has 0 aliphatic heterocycles. The van der Waals surface area contributed by atoms with Gasteiger partial charge in [0, 0.05) is 29.4 Å². The number of non-ortho nitro benzene ring substituents is 2. The molecule has 10 heteroatoms. The molecule has 3 aromatic carbocycles. The van der Waals surface area contributed by atoms with Gasteiger partial charge >= 0.3 is 0 Å². The number of oxazole rings is 1. The number of benzene rings is 3. The lowest BCUT2D eigenvalue weighted by molar-refractivity contribution is -0.394. The molecule has 1 N–H and O–H groups in total. The predicted octanol–water partition coefficient (Wildman–Crippen LogP) is 4.87. The Hall–Kier alpha value is -4.60. The Morgan fingerprint density at radius 1 is 0.968 bits per heavy atom. The topological polar surface area (TPSA) is 141 Å². The number of aryl methyl sites for hydroxylation is 1. The SMILES string of the molecule is Cc1cccc(-c2nc3ccc(NC(=O)c4cc([N+](=O)[O-])cc([N+](=O)[O-])c4)cc3o2)c1. The normalized spacial score (nSPS) is 10.7. The third-order valence-electron chi connectivity index (χ3n) is 4.50. The van der Waals surface area contributed by atoms with Crippen LogP contribution in [0.15, 0.2) is 65.1 Å². The molecule has 0 saturated carbocycles. The third kappa shape index (κ3) is 4.08. The van der Waals surface area contributed by atoms with Crippen LogP contribution in [-0.2, 0) is 0 Å². The van der Waals surface area contributed by atoms with Crippen molar-refractivity contribution in [2.24, 2.45) is 0 Å². The average Bonchev–Trinajstić information content (AvgIpc) is 3.17. The van der Waals surface area contributed by atoms with E-state index in [0.29, 0.717) is 22.7 Å². The van der Waals surface area contributed by atoms with E-state index in [4.69, 9.17) is 4.42 Å². The fraction of sp³-hybridized carbons (Fsp3) is 0.0476. The summed E-state index contributed by atoms with van der Waals surface area (Å²) < 4.78 is 5.80. The van der Waals surface area contributed by atoms with Gasteiger partial charge in [0.2, 0.25) is 5.89 Å². The summed E-state index contributed by atoms with van der Waals surface area (Å²) in [4.78, 5) is 37.5. The second-order valence-corrected chi connectivity index (χ2v) is 6.78. The number of amides is 1. The highest BCUT2D eigenvalue weighted by atomic mass is 16.6. The highest BCUT2D eigenvalue weighted by Gasteiger charge is 2.20. The van der Waals surface area contributed by atoms with Crippen molar-refractivity contribution >= 4 is 34.1 Å². The number of nitro groups is 2. The molecule has 0 bridgehead atoms. The monoisotopic (exact) mass is 418 g/mol. The Labute approximate surface area is 174 Å². The molecule has 0 aliphatic rings. The van der Waals surface area contributed by atoms with Crippen molar-refractivity contribution in [2.45, 2.75) is 6.92 Å². The summed E-state index contributed by atoms with van der Waals surface area (Å²) in [5.41, 5.74) is 1.92. The fourth-order valence-corrected chi connectivity index (χ4v) is 3.04. The lowest BCUT2D eigenvalue weighted by atomic mass is 10.1. The number of hydrogen-bond acceptors (Lipinski definition) is 7. The Kier molecular flexibility index (Phi) is 4.88. The molecule has 1 aromatic heterocycles. The van der Waals surface area contributed by atoms with Gasteiger partial charge in [-0.25, -0.2) is 4.98 Å². The van der Waals surface area contributed by atoms with Gasteiger partial charge in [0.15, 0.2) is 5.58 Å². The van der Waals surface area contributed by atoms with Crippen LogP contribution in [0.5, 0.6) is 0 Å². The number of nitrogens with one attached hydrogen (secondary N) is 1. The van der Waals surface area contributed by atoms with Crippen molar-refractivity contribution in [3.8, 4) is 11.5 Å². The molecule has 0 aliphatic carbocycles. The predicted molar refractivity (Wildman–Crippen MR) is 112 cm³/mol. The molecular weight excluding hydrogens is 404 g/mol. The highest BCUT2D eigenvalue weighted by Crippen LogP contribution is 2.28. The minimum absolute atomic E-state index is 0.209. The summed E-state index contributed by atoms with van der Waals surface area (Å²) in [7, 11) is 0. The zero-order valence-corrected chi connectivity index (χ0v) is 16.1. The van der Waals surface area contributed by atoms with Crippen LogP contribution in [-0.4, -0.2) is 20.7 Å². The summed E-state index contributed by atoms with van der Waals surface area (Å²) in [5.74, 6) is -0.305. The Morgan fingerprint density at radius 2 is 1.68 bits per heavy atom. The molecule has 1 amide bonds. The largest absolute Gasteiger partial charge is 0.436 e. The van der Waals surface area contributed by atoms with Crippen LogP contribution in [0.4, 0.5) is 17.1 Å². The number of fused-ring (bicyclic) bond motifs is 1. The van der Waals surface area contributed by atoms with Gasteiger partial charge in [-0.15, -0.1) is 0 Å². The standard InChI is InChI=1S/C21H14N4O6/c1-12-3-2-4-13(7-12)21-23-18-6-5-15(10-19(18)31-21)22-20(26)14-8-16(24(27)28)11-17(9-14)25(29)30/h2-11H,1H3,(H,22,26). The number of aromatic nitrogens is 1. The van der Waals surface area contributed by atoms with Crippen LogP contribution < -0.4 is 5.32 Å². The maximum atomic E-state index is 12.6. The lowest BCUT2D eigenvalue weighted by Crippen LogP contribution is -2.12. The van der Waals surface area contributed by atoms with Gasteiger partial charge < -0.3 is 9.73 Å². The molecule has 0 atom stereocenters. The van der Waals surface area contributed by atoms with Gasteiger partial charge in [-0.05, 0) is 31.2 Å². The van der Waals surface area contributed by atoms with Crippen molar-refractivity contribution in [3.05, 3.63) is 92.0 Å². The third-order valence-corrected chi connectivity index (χ3v) is 4.50. The van der Waals surface area contributed by atoms with E-state index in [-0.39, 0.29) is 5.56 Å². The maximum absolute atomic E-state index is 12.6. The van der Waals surface area contributed by atoms with Crippen molar-refractivity contribution in [3.63, 3.8) is 0 Å². The number of rotatable bonds is 5. The number of nitrogens with zero attached hydrogens (tertiary/aromatic N) is 3. The minimum atomic E-state index is -0.794. The van der Waals surface area contributed by atoms with Crippen LogP contribution in [0, 0.1) is 27.2 Å². The zero-order chi connectivity index (χ0) is 22.1. The first-order chi connectivity index (χ1) is 14.8. The molecule has 154 valence electrons. The van der Waals surface area contributed by atoms with Crippen molar-refractivity contribution in [2.75, 3.05) is 5.32 Å². The molecule has 0 fully saturated rings. The molecule has 1 heterocycles. The summed E-state index contributed by atoms with van der Waals surface area (Å²) >= 11 is 0. The molecule has 0 spiro atoms. The molecule has 0 radical (unpaired) electrons. The lowest BCUT2D eigenvalue weighted by Gasteiger charge is -2.05. The highest BCUT2D eigenvalue weighted by molar-refractivity contribution is 6.05. The second kappa shape index (κ2) is 7.67. The fourth-order valence-electron chi connectivity index (χ4n) is 3.04. The maximum Gasteiger partial charge on any atom is 0.277 e. The van der Waals surface area contributed by atoms with Crippen LogP contribution in [0.3, 0.4) is 0 Å². The van der Waals surface area contributed by atoms with Crippen LogP contribution in [0.2, 0.25) is 0 Å². The van der Waals surface area contributed by atoms with E-state index in [1.807, 2.05) is 31.2 Å². The van der Waals surface area contributed by atoms with E-state index >= 15 is 0 Å². The smallest absolute Gasteiger partial charge is 0.277 e. The Morgan fingerprint density at radius 3 is 2.32 bits per heavy atom. The van der Waals surface area contributed by atoms with Gasteiger partial charge in [0.05, 0.1) is 21.5 Å². The van der Waals surface area contributed by atoms with E-state index in [1.54, 1.807) is 18.2 Å². The van der Waals surface area contributed by atoms with Crippen LogP contribution in [0.1, 0.15) is 15.9 Å². The second-order valence-electron chi connectivity index (χ2n) is 6.78. The average molecular weight is 418 g/mol. The number of hydrogen-bond donors (Lipinski definition) is 1. The summed E-state index contributed by atoms with van der Waals surface area (Å²) in [6, 6.07) is 15.2. The number of carbonyl (C=O) groups excluding carboxylic acids is 1. The van der Waals surface area contributed by atoms with Crippen LogP contribution in [0.25, 0.3) is 22.6 Å². The quantitative estimate of drug-likeness (QED) is 0.360. The molecule has 4 aromatic rings. The van der Waals surface area contributed by atoms with Crippen molar-refractivity contribution in [1.29, 1.82) is 0 Å². The number of anilines is 1. The van der Waals surface area contributed by atoms with Gasteiger partial charge in [-0.2, -0.15) is 0 Å². The van der Waals surface area contributed by atoms with E-state index in [9.17, 15) is 25.0 Å². The molecule has 0 unspecified atom stereocenters. The number of nitro benzene ring substituents is 2. The summed E-state index contributed by atoms with van der Waals surface area (Å²) in [5, 5.41) is 24.6. The molecular formula is C21H14N4O6. The van der Waals surface area contributed by atoms with E-state index in [0.717, 1.165) is 29.3 Å². The van der Waals surface area contributed by atoms with Crippen molar-refractivity contribution < 1.29 is 19.1 Å². The first-order valence-corrected chi connectivity index (χ1v) is 9.03. The minimum Gasteiger partial charge on any atom is -0.436 e. The van der Waals surface area contributed by atoms with Crippen LogP contribution >= 0.6 is 0 Å². The van der Waals surface area contributed by atoms with Crippen molar-refractivity contribution in [1.82, 2.24) is 4.98 Å². The molecule has 31 heavy (non-hydrogen) atoms. The molecule has 0 saturated heterocycles. The van der Waals surface area contributed by atoms with Gasteiger partial charge in [0.1, 0.15) is 5.52 Å². The van der Waals surface area contributed by atoms with E-state index in [2.05, 4.69) is 10.3 Å². The first-order valence-electron chi connectivity index (χ1n) is 9.03.